The summed E-state index contributed by atoms with van der Waals surface area (Å²) in [5.74, 6) is 1.77. The number of nitrogens with zero attached hydrogens (tertiary/aromatic N) is 1. The van der Waals surface area contributed by atoms with Crippen LogP contribution in [0.2, 0.25) is 0 Å². The Labute approximate surface area is 101 Å². The van der Waals surface area contributed by atoms with Crippen LogP contribution in [-0.4, -0.2) is 36.1 Å². The highest BCUT2D eigenvalue weighted by Gasteiger charge is 2.36. The molecular weight excluding hydrogens is 196 g/mol. The van der Waals surface area contributed by atoms with E-state index in [1.165, 1.54) is 25.8 Å². The summed E-state index contributed by atoms with van der Waals surface area (Å²) in [5, 5.41) is 3.59. The third-order valence-electron chi connectivity index (χ3n) is 4.68. The largest absolute Gasteiger partial charge is 0.311 e. The first kappa shape index (κ1) is 12.4. The standard InChI is InChI=1S/C14H28N2/c1-10-6-5-7-11(2)14(10)16-9-12(3)15-8-13(16)4/h10-15H,5-9H2,1-4H3. The minimum absolute atomic E-state index is 0.664. The van der Waals surface area contributed by atoms with Crippen LogP contribution in [-0.2, 0) is 0 Å². The monoisotopic (exact) mass is 224 g/mol. The lowest BCUT2D eigenvalue weighted by atomic mass is 9.77. The zero-order valence-corrected chi connectivity index (χ0v) is 11.4. The Hall–Kier alpha value is -0.0800. The van der Waals surface area contributed by atoms with E-state index < -0.39 is 0 Å². The van der Waals surface area contributed by atoms with Crippen molar-refractivity contribution in [2.45, 2.75) is 65.1 Å². The Kier molecular flexibility index (Phi) is 3.91. The minimum Gasteiger partial charge on any atom is -0.311 e. The summed E-state index contributed by atoms with van der Waals surface area (Å²) in [6.07, 6.45) is 4.30. The van der Waals surface area contributed by atoms with Gasteiger partial charge < -0.3 is 5.32 Å². The summed E-state index contributed by atoms with van der Waals surface area (Å²) in [4.78, 5) is 2.79. The molecule has 4 atom stereocenters. The predicted octanol–water partition coefficient (Wildman–Crippen LogP) is 2.49. The van der Waals surface area contributed by atoms with E-state index in [2.05, 4.69) is 37.9 Å². The highest BCUT2D eigenvalue weighted by molar-refractivity contribution is 4.92. The fraction of sp³-hybridized carbons (Fsp3) is 1.00. The second-order valence-electron chi connectivity index (χ2n) is 6.23. The number of hydrogen-bond donors (Lipinski definition) is 1. The van der Waals surface area contributed by atoms with E-state index in [-0.39, 0.29) is 0 Å². The maximum atomic E-state index is 3.59. The normalized spacial score (nSPS) is 46.9. The SMILES string of the molecule is CC1CN(C2C(C)CCCC2C)C(C)CN1. The molecule has 0 amide bonds. The van der Waals surface area contributed by atoms with Gasteiger partial charge in [0.05, 0.1) is 0 Å². The fourth-order valence-electron chi connectivity index (χ4n) is 3.78. The Morgan fingerprint density at radius 3 is 2.25 bits per heavy atom. The first-order valence-corrected chi connectivity index (χ1v) is 7.08. The summed E-state index contributed by atoms with van der Waals surface area (Å²) in [6.45, 7) is 12.0. The van der Waals surface area contributed by atoms with Gasteiger partial charge in [-0.3, -0.25) is 4.90 Å². The van der Waals surface area contributed by atoms with Gasteiger partial charge in [-0.05, 0) is 38.5 Å². The molecule has 2 nitrogen and oxygen atoms in total. The van der Waals surface area contributed by atoms with Crippen LogP contribution in [0.25, 0.3) is 0 Å². The summed E-state index contributed by atoms with van der Waals surface area (Å²) >= 11 is 0. The van der Waals surface area contributed by atoms with Crippen LogP contribution in [0.3, 0.4) is 0 Å². The highest BCUT2D eigenvalue weighted by Crippen LogP contribution is 2.34. The molecule has 16 heavy (non-hydrogen) atoms. The van der Waals surface area contributed by atoms with Crippen molar-refractivity contribution in [3.63, 3.8) is 0 Å². The van der Waals surface area contributed by atoms with Crippen LogP contribution >= 0.6 is 0 Å². The lowest BCUT2D eigenvalue weighted by Gasteiger charge is -2.49. The lowest BCUT2D eigenvalue weighted by molar-refractivity contribution is 0.0157. The lowest BCUT2D eigenvalue weighted by Crippen LogP contribution is -2.60. The van der Waals surface area contributed by atoms with Crippen molar-refractivity contribution in [1.82, 2.24) is 10.2 Å². The van der Waals surface area contributed by atoms with Crippen molar-refractivity contribution in [1.29, 1.82) is 0 Å². The summed E-state index contributed by atoms with van der Waals surface area (Å²) in [6, 6.07) is 2.20. The van der Waals surface area contributed by atoms with Gasteiger partial charge in [0.15, 0.2) is 0 Å². The Morgan fingerprint density at radius 2 is 1.62 bits per heavy atom. The predicted molar refractivity (Wildman–Crippen MR) is 69.6 cm³/mol. The third-order valence-corrected chi connectivity index (χ3v) is 4.68. The third kappa shape index (κ3) is 2.43. The van der Waals surface area contributed by atoms with Crippen LogP contribution < -0.4 is 5.32 Å². The van der Waals surface area contributed by atoms with Crippen LogP contribution in [0.1, 0.15) is 47.0 Å². The summed E-state index contributed by atoms with van der Waals surface area (Å²) < 4.78 is 0. The zero-order valence-electron chi connectivity index (χ0n) is 11.4. The average Bonchev–Trinajstić information content (AvgIpc) is 2.23. The molecule has 0 aromatic heterocycles. The minimum atomic E-state index is 0.664. The smallest absolute Gasteiger partial charge is 0.0196 e. The van der Waals surface area contributed by atoms with Gasteiger partial charge in [0.2, 0.25) is 0 Å². The van der Waals surface area contributed by atoms with Crippen molar-refractivity contribution in [2.75, 3.05) is 13.1 Å². The van der Waals surface area contributed by atoms with Crippen LogP contribution in [0, 0.1) is 11.8 Å². The van der Waals surface area contributed by atoms with Crippen molar-refractivity contribution in [3.05, 3.63) is 0 Å². The van der Waals surface area contributed by atoms with E-state index in [0.717, 1.165) is 24.4 Å². The summed E-state index contributed by atoms with van der Waals surface area (Å²) in [5.41, 5.74) is 0. The molecule has 2 fully saturated rings. The fourth-order valence-corrected chi connectivity index (χ4v) is 3.78. The molecule has 2 rings (SSSR count). The molecule has 0 radical (unpaired) electrons. The molecule has 1 aliphatic carbocycles. The molecule has 1 heterocycles. The van der Waals surface area contributed by atoms with Gasteiger partial charge in [0.1, 0.15) is 0 Å². The molecule has 0 aromatic rings. The molecule has 1 saturated heterocycles. The second kappa shape index (κ2) is 5.05. The Balaban J connectivity index is 2.07. The molecule has 1 N–H and O–H groups in total. The first-order valence-electron chi connectivity index (χ1n) is 7.08. The van der Waals surface area contributed by atoms with E-state index in [1.54, 1.807) is 0 Å². The number of nitrogens with one attached hydrogen (secondary N) is 1. The van der Waals surface area contributed by atoms with E-state index in [4.69, 9.17) is 0 Å². The van der Waals surface area contributed by atoms with Crippen molar-refractivity contribution in [2.24, 2.45) is 11.8 Å². The van der Waals surface area contributed by atoms with Gasteiger partial charge in [-0.15, -0.1) is 0 Å². The van der Waals surface area contributed by atoms with Gasteiger partial charge in [-0.1, -0.05) is 20.3 Å². The first-order chi connectivity index (χ1) is 7.59. The van der Waals surface area contributed by atoms with Gasteiger partial charge in [0, 0.05) is 31.2 Å². The molecule has 1 saturated carbocycles. The molecule has 0 bridgehead atoms. The van der Waals surface area contributed by atoms with E-state index in [1.807, 2.05) is 0 Å². The Bertz CT molecular complexity index is 219. The number of rotatable bonds is 1. The van der Waals surface area contributed by atoms with E-state index >= 15 is 0 Å². The molecule has 4 unspecified atom stereocenters. The van der Waals surface area contributed by atoms with Gasteiger partial charge in [0.25, 0.3) is 0 Å². The van der Waals surface area contributed by atoms with Crippen molar-refractivity contribution < 1.29 is 0 Å². The number of hydrogen-bond acceptors (Lipinski definition) is 2. The second-order valence-corrected chi connectivity index (χ2v) is 6.23. The van der Waals surface area contributed by atoms with Crippen LogP contribution in [0.15, 0.2) is 0 Å². The molecular formula is C14H28N2. The van der Waals surface area contributed by atoms with Crippen molar-refractivity contribution >= 4 is 0 Å². The zero-order chi connectivity index (χ0) is 11.7. The molecule has 2 aliphatic rings. The molecule has 0 aromatic carbocycles. The average molecular weight is 224 g/mol. The maximum absolute atomic E-state index is 3.59. The van der Waals surface area contributed by atoms with Gasteiger partial charge in [-0.2, -0.15) is 0 Å². The molecule has 94 valence electrons. The number of piperazine rings is 1. The highest BCUT2D eigenvalue weighted by atomic mass is 15.3. The Morgan fingerprint density at radius 1 is 1.00 bits per heavy atom. The van der Waals surface area contributed by atoms with Gasteiger partial charge >= 0.3 is 0 Å². The summed E-state index contributed by atoms with van der Waals surface area (Å²) in [7, 11) is 0. The molecule has 1 aliphatic heterocycles. The van der Waals surface area contributed by atoms with E-state index in [0.29, 0.717) is 12.1 Å². The molecule has 0 spiro atoms. The van der Waals surface area contributed by atoms with Crippen LogP contribution in [0.5, 0.6) is 0 Å². The van der Waals surface area contributed by atoms with Crippen molar-refractivity contribution in [3.8, 4) is 0 Å². The topological polar surface area (TPSA) is 15.3 Å². The van der Waals surface area contributed by atoms with Crippen LogP contribution in [0.4, 0.5) is 0 Å². The quantitative estimate of drug-likeness (QED) is 0.736. The van der Waals surface area contributed by atoms with E-state index in [9.17, 15) is 0 Å². The van der Waals surface area contributed by atoms with Gasteiger partial charge in [-0.25, -0.2) is 0 Å². The maximum Gasteiger partial charge on any atom is 0.0196 e. The molecule has 2 heteroatoms.